The number of nitrogens with one attached hydrogen (secondary N) is 3. The van der Waals surface area contributed by atoms with Gasteiger partial charge in [0, 0.05) is 31.7 Å². The van der Waals surface area contributed by atoms with Crippen LogP contribution < -0.4 is 16.4 Å². The molecular formula is C17H27N5. The van der Waals surface area contributed by atoms with Crippen molar-refractivity contribution >= 4 is 0 Å². The Morgan fingerprint density at radius 2 is 2.00 bits per heavy atom. The fourth-order valence-electron chi connectivity index (χ4n) is 4.28. The van der Waals surface area contributed by atoms with E-state index in [1.54, 1.807) is 0 Å². The van der Waals surface area contributed by atoms with Crippen molar-refractivity contribution < 1.29 is 0 Å². The van der Waals surface area contributed by atoms with E-state index in [4.69, 9.17) is 0 Å². The van der Waals surface area contributed by atoms with Gasteiger partial charge in [0.25, 0.3) is 0 Å². The van der Waals surface area contributed by atoms with Crippen LogP contribution in [0.3, 0.4) is 0 Å². The monoisotopic (exact) mass is 301 g/mol. The summed E-state index contributed by atoms with van der Waals surface area (Å²) in [4.78, 5) is 5.36. The van der Waals surface area contributed by atoms with Gasteiger partial charge in [-0.2, -0.15) is 5.53 Å². The maximum Gasteiger partial charge on any atom is 0.0655 e. The van der Waals surface area contributed by atoms with Gasteiger partial charge in [0.2, 0.25) is 0 Å². The van der Waals surface area contributed by atoms with E-state index in [-0.39, 0.29) is 0 Å². The van der Waals surface area contributed by atoms with E-state index in [1.165, 1.54) is 38.0 Å². The van der Waals surface area contributed by atoms with Gasteiger partial charge in [0.15, 0.2) is 0 Å². The Balaban J connectivity index is 1.43. The average molecular weight is 301 g/mol. The molecule has 120 valence electrons. The van der Waals surface area contributed by atoms with E-state index in [2.05, 4.69) is 63.4 Å². The molecule has 22 heavy (non-hydrogen) atoms. The summed E-state index contributed by atoms with van der Waals surface area (Å²) >= 11 is 0. The highest BCUT2D eigenvalue weighted by Crippen LogP contribution is 2.26. The molecule has 0 aromatic heterocycles. The van der Waals surface area contributed by atoms with Crippen LogP contribution in [0.15, 0.2) is 30.3 Å². The number of piperazine rings is 1. The lowest BCUT2D eigenvalue weighted by atomic mass is 9.99. The predicted molar refractivity (Wildman–Crippen MR) is 88.0 cm³/mol. The van der Waals surface area contributed by atoms with E-state index in [0.29, 0.717) is 18.1 Å². The van der Waals surface area contributed by atoms with Crippen molar-refractivity contribution in [1.82, 2.24) is 26.2 Å². The van der Waals surface area contributed by atoms with E-state index in [9.17, 15) is 0 Å². The largest absolute Gasteiger partial charge is 0.298 e. The molecule has 0 spiro atoms. The number of hydrogen-bond donors (Lipinski definition) is 3. The van der Waals surface area contributed by atoms with Gasteiger partial charge in [0.1, 0.15) is 0 Å². The van der Waals surface area contributed by atoms with Gasteiger partial charge in [-0.25, -0.2) is 10.9 Å². The molecule has 1 aromatic rings. The molecule has 4 atom stereocenters. The lowest BCUT2D eigenvalue weighted by Crippen LogP contribution is -2.57. The van der Waals surface area contributed by atoms with E-state index in [0.717, 1.165) is 12.6 Å². The van der Waals surface area contributed by atoms with Crippen LogP contribution >= 0.6 is 0 Å². The Bertz CT molecular complexity index is 493. The standard InChI is InChI=1S/C17H27N5/c1-13-10-21-9-5-8-15(21)11-22(13)12-16-17(19-20-18-16)14-6-3-2-4-7-14/h2-4,6-7,13,15-20H,5,8-12H2,1H3/t13-,15?,16?,17?/m1/s1. The molecule has 3 N–H and O–H groups in total. The molecule has 0 bridgehead atoms. The predicted octanol–water partition coefficient (Wildman–Crippen LogP) is 0.877. The van der Waals surface area contributed by atoms with Gasteiger partial charge >= 0.3 is 0 Å². The fourth-order valence-corrected chi connectivity index (χ4v) is 4.28. The molecule has 1 aromatic carbocycles. The Labute approximate surface area is 133 Å². The molecule has 0 aliphatic carbocycles. The van der Waals surface area contributed by atoms with Gasteiger partial charge < -0.3 is 0 Å². The van der Waals surface area contributed by atoms with Crippen LogP contribution in [-0.2, 0) is 0 Å². The van der Waals surface area contributed by atoms with Gasteiger partial charge in [-0.05, 0) is 31.9 Å². The van der Waals surface area contributed by atoms with Gasteiger partial charge in [-0.3, -0.25) is 9.80 Å². The zero-order chi connectivity index (χ0) is 14.9. The first kappa shape index (κ1) is 14.6. The summed E-state index contributed by atoms with van der Waals surface area (Å²) in [5.41, 5.74) is 11.3. The first-order chi connectivity index (χ1) is 10.8. The molecule has 3 aliphatic heterocycles. The Kier molecular flexibility index (Phi) is 4.15. The first-order valence-electron chi connectivity index (χ1n) is 8.60. The highest BCUT2D eigenvalue weighted by atomic mass is 15.7. The third kappa shape index (κ3) is 2.79. The third-order valence-electron chi connectivity index (χ3n) is 5.54. The number of hydrogen-bond acceptors (Lipinski definition) is 5. The molecule has 5 heteroatoms. The second-order valence-corrected chi connectivity index (χ2v) is 7.00. The van der Waals surface area contributed by atoms with Crippen molar-refractivity contribution in [3.63, 3.8) is 0 Å². The minimum atomic E-state index is 0.329. The second-order valence-electron chi connectivity index (χ2n) is 7.00. The van der Waals surface area contributed by atoms with Crippen molar-refractivity contribution in [2.75, 3.05) is 26.2 Å². The highest BCUT2D eigenvalue weighted by Gasteiger charge is 2.37. The first-order valence-corrected chi connectivity index (χ1v) is 8.60. The van der Waals surface area contributed by atoms with Gasteiger partial charge in [0.05, 0.1) is 12.1 Å². The van der Waals surface area contributed by atoms with Crippen LogP contribution in [0.4, 0.5) is 0 Å². The Hall–Kier alpha value is -0.980. The van der Waals surface area contributed by atoms with Crippen LogP contribution in [0.5, 0.6) is 0 Å². The maximum absolute atomic E-state index is 3.42. The summed E-state index contributed by atoms with van der Waals surface area (Å²) in [6.45, 7) is 7.22. The summed E-state index contributed by atoms with van der Waals surface area (Å²) in [6, 6.07) is 12.9. The van der Waals surface area contributed by atoms with Crippen LogP contribution in [-0.4, -0.2) is 54.1 Å². The summed E-state index contributed by atoms with van der Waals surface area (Å²) in [5, 5.41) is 0. The van der Waals surface area contributed by atoms with Crippen molar-refractivity contribution in [2.45, 2.75) is 43.9 Å². The van der Waals surface area contributed by atoms with E-state index in [1.807, 2.05) is 0 Å². The molecule has 3 aliphatic rings. The zero-order valence-corrected chi connectivity index (χ0v) is 13.3. The van der Waals surface area contributed by atoms with E-state index < -0.39 is 0 Å². The summed E-state index contributed by atoms with van der Waals surface area (Å²) in [6.07, 6.45) is 2.75. The number of hydrazine groups is 2. The molecule has 0 radical (unpaired) electrons. The second kappa shape index (κ2) is 6.26. The molecule has 3 fully saturated rings. The minimum absolute atomic E-state index is 0.329. The number of benzene rings is 1. The van der Waals surface area contributed by atoms with Gasteiger partial charge in [-0.1, -0.05) is 30.3 Å². The lowest BCUT2D eigenvalue weighted by Gasteiger charge is -2.43. The Morgan fingerprint density at radius 3 is 2.86 bits per heavy atom. The molecule has 5 nitrogen and oxygen atoms in total. The van der Waals surface area contributed by atoms with Crippen molar-refractivity contribution in [3.8, 4) is 0 Å². The third-order valence-corrected chi connectivity index (χ3v) is 5.54. The van der Waals surface area contributed by atoms with E-state index >= 15 is 0 Å². The Morgan fingerprint density at radius 1 is 1.14 bits per heavy atom. The van der Waals surface area contributed by atoms with Crippen molar-refractivity contribution in [1.29, 1.82) is 0 Å². The van der Waals surface area contributed by atoms with Gasteiger partial charge in [-0.15, -0.1) is 0 Å². The normalized spacial score (nSPS) is 36.6. The quantitative estimate of drug-likeness (QED) is 0.773. The molecule has 0 amide bonds. The smallest absolute Gasteiger partial charge is 0.0655 e. The average Bonchev–Trinajstić information content (AvgIpc) is 3.17. The fraction of sp³-hybridized carbons (Fsp3) is 0.647. The number of rotatable bonds is 3. The molecular weight excluding hydrogens is 274 g/mol. The summed E-state index contributed by atoms with van der Waals surface area (Å²) in [5.74, 6) is 0. The van der Waals surface area contributed by atoms with Crippen molar-refractivity contribution in [2.24, 2.45) is 0 Å². The maximum atomic E-state index is 3.42. The zero-order valence-electron chi connectivity index (χ0n) is 13.3. The minimum Gasteiger partial charge on any atom is -0.298 e. The van der Waals surface area contributed by atoms with Crippen LogP contribution in [0, 0.1) is 0 Å². The van der Waals surface area contributed by atoms with Crippen LogP contribution in [0.1, 0.15) is 31.4 Å². The molecule has 3 unspecified atom stereocenters. The summed E-state index contributed by atoms with van der Waals surface area (Å²) < 4.78 is 0. The SMILES string of the molecule is C[C@@H]1CN2CCCC2CN1CC1NNNC1c1ccccc1. The summed E-state index contributed by atoms with van der Waals surface area (Å²) in [7, 11) is 0. The van der Waals surface area contributed by atoms with Crippen molar-refractivity contribution in [3.05, 3.63) is 35.9 Å². The molecule has 0 saturated carbocycles. The number of nitrogens with zero attached hydrogens (tertiary/aromatic N) is 2. The molecule has 3 saturated heterocycles. The topological polar surface area (TPSA) is 42.6 Å². The highest BCUT2D eigenvalue weighted by molar-refractivity contribution is 5.21. The van der Waals surface area contributed by atoms with Crippen LogP contribution in [0.2, 0.25) is 0 Å². The number of fused-ring (bicyclic) bond motifs is 1. The molecule has 4 rings (SSSR count). The van der Waals surface area contributed by atoms with Crippen LogP contribution in [0.25, 0.3) is 0 Å². The molecule has 3 heterocycles. The lowest BCUT2D eigenvalue weighted by molar-refractivity contribution is 0.0522.